The van der Waals surface area contributed by atoms with E-state index in [9.17, 15) is 9.90 Å². The van der Waals surface area contributed by atoms with E-state index in [1.54, 1.807) is 12.1 Å². The molecule has 0 atom stereocenters. The van der Waals surface area contributed by atoms with E-state index in [0.29, 0.717) is 29.0 Å². The van der Waals surface area contributed by atoms with Gasteiger partial charge in [-0.25, -0.2) is 4.98 Å². The number of phenolic OH excluding ortho intramolecular Hbond substituents is 1. The summed E-state index contributed by atoms with van der Waals surface area (Å²) in [5, 5.41) is 10.6. The highest BCUT2D eigenvalue weighted by atomic mass is 79.9. The molecule has 0 amide bonds. The average molecular weight is 494 g/mol. The number of halogens is 2. The summed E-state index contributed by atoms with van der Waals surface area (Å²) in [6.45, 7) is 3.87. The van der Waals surface area contributed by atoms with Crippen molar-refractivity contribution in [1.82, 2.24) is 14.9 Å². The predicted molar refractivity (Wildman–Crippen MR) is 113 cm³/mol. The van der Waals surface area contributed by atoms with Gasteiger partial charge in [0, 0.05) is 35.1 Å². The Morgan fingerprint density at radius 1 is 1.11 bits per heavy atom. The van der Waals surface area contributed by atoms with Crippen molar-refractivity contribution in [3.63, 3.8) is 0 Å². The van der Waals surface area contributed by atoms with Gasteiger partial charge in [-0.1, -0.05) is 28.1 Å². The molecule has 27 heavy (non-hydrogen) atoms. The number of anilines is 1. The first-order valence-corrected chi connectivity index (χ1v) is 10.2. The third-order valence-electron chi connectivity index (χ3n) is 4.75. The Labute approximate surface area is 173 Å². The van der Waals surface area contributed by atoms with Gasteiger partial charge >= 0.3 is 0 Å². The number of para-hydroxylation sites is 2. The number of piperazine rings is 1. The topological polar surface area (TPSA) is 72.5 Å². The van der Waals surface area contributed by atoms with Gasteiger partial charge in [0.1, 0.15) is 11.6 Å². The van der Waals surface area contributed by atoms with Crippen molar-refractivity contribution in [2.24, 2.45) is 0 Å². The molecule has 3 aromatic rings. The Morgan fingerprint density at radius 3 is 2.59 bits per heavy atom. The second-order valence-electron chi connectivity index (χ2n) is 6.55. The summed E-state index contributed by atoms with van der Waals surface area (Å²) < 4.78 is 1.63. The smallest absolute Gasteiger partial charge is 0.258 e. The summed E-state index contributed by atoms with van der Waals surface area (Å²) in [6.07, 6.45) is 0. The molecule has 1 aromatic heterocycles. The molecule has 2 N–H and O–H groups in total. The second-order valence-corrected chi connectivity index (χ2v) is 8.32. The van der Waals surface area contributed by atoms with Crippen molar-refractivity contribution in [3.05, 3.63) is 61.5 Å². The van der Waals surface area contributed by atoms with Crippen LogP contribution >= 0.6 is 31.9 Å². The Bertz CT molecular complexity index is 1050. The number of aromatic hydroxyl groups is 1. The number of nitrogens with one attached hydrogen (secondary N) is 1. The third kappa shape index (κ3) is 3.88. The highest BCUT2D eigenvalue weighted by Gasteiger charge is 2.20. The van der Waals surface area contributed by atoms with E-state index >= 15 is 0 Å². The standard InChI is InChI=1S/C19H18Br2N4O2/c20-12-9-13-18(14(21)10-12)22-17(23-19(13)27)11-24-5-7-25(8-6-24)15-3-1-2-4-16(15)26/h1-4,9-10,26H,5-8,11H2,(H,22,23,27). The number of aromatic amines is 1. The number of benzene rings is 2. The fourth-order valence-corrected chi connectivity index (χ4v) is 4.69. The normalized spacial score (nSPS) is 15.4. The SMILES string of the molecule is O=c1[nH]c(CN2CCN(c3ccccc3O)CC2)nc2c(Br)cc(Br)cc12. The molecule has 8 heteroatoms. The van der Waals surface area contributed by atoms with Crippen LogP contribution in [0.4, 0.5) is 5.69 Å². The molecule has 1 fully saturated rings. The molecule has 6 nitrogen and oxygen atoms in total. The minimum atomic E-state index is -0.134. The fraction of sp³-hybridized carbons (Fsp3) is 0.263. The zero-order valence-corrected chi connectivity index (χ0v) is 17.6. The third-order valence-corrected chi connectivity index (χ3v) is 5.81. The van der Waals surface area contributed by atoms with E-state index in [0.717, 1.165) is 40.8 Å². The number of phenols is 1. The second kappa shape index (κ2) is 7.61. The van der Waals surface area contributed by atoms with Crippen molar-refractivity contribution in [2.45, 2.75) is 6.54 Å². The Morgan fingerprint density at radius 2 is 1.85 bits per heavy atom. The molecule has 0 spiro atoms. The number of rotatable bonds is 3. The molecule has 0 aliphatic carbocycles. The highest BCUT2D eigenvalue weighted by Crippen LogP contribution is 2.28. The molecule has 2 aromatic carbocycles. The molecule has 1 aliphatic rings. The summed E-state index contributed by atoms with van der Waals surface area (Å²) in [4.78, 5) is 24.4. The monoisotopic (exact) mass is 492 g/mol. The van der Waals surface area contributed by atoms with Crippen LogP contribution in [-0.2, 0) is 6.54 Å². The van der Waals surface area contributed by atoms with Gasteiger partial charge in [0.15, 0.2) is 0 Å². The lowest BCUT2D eigenvalue weighted by atomic mass is 10.2. The maximum absolute atomic E-state index is 12.4. The van der Waals surface area contributed by atoms with E-state index in [4.69, 9.17) is 0 Å². The van der Waals surface area contributed by atoms with Crippen molar-refractivity contribution in [3.8, 4) is 5.75 Å². The van der Waals surface area contributed by atoms with E-state index in [2.05, 4.69) is 51.6 Å². The molecule has 4 rings (SSSR count). The highest BCUT2D eigenvalue weighted by molar-refractivity contribution is 9.11. The lowest BCUT2D eigenvalue weighted by Gasteiger charge is -2.36. The van der Waals surface area contributed by atoms with Crippen molar-refractivity contribution in [1.29, 1.82) is 0 Å². The van der Waals surface area contributed by atoms with Crippen LogP contribution in [-0.4, -0.2) is 46.2 Å². The molecule has 0 bridgehead atoms. The van der Waals surface area contributed by atoms with Crippen LogP contribution in [0.1, 0.15) is 5.82 Å². The van der Waals surface area contributed by atoms with Gasteiger partial charge in [-0.2, -0.15) is 0 Å². The quantitative estimate of drug-likeness (QED) is 0.584. The van der Waals surface area contributed by atoms with Gasteiger partial charge in [0.25, 0.3) is 5.56 Å². The largest absolute Gasteiger partial charge is 0.506 e. The summed E-state index contributed by atoms with van der Waals surface area (Å²) >= 11 is 6.90. The number of hydrogen-bond donors (Lipinski definition) is 2. The predicted octanol–water partition coefficient (Wildman–Crippen LogP) is 3.48. The molecule has 140 valence electrons. The molecular formula is C19H18Br2N4O2. The number of hydrogen-bond acceptors (Lipinski definition) is 5. The molecular weight excluding hydrogens is 476 g/mol. The summed E-state index contributed by atoms with van der Waals surface area (Å²) in [5.74, 6) is 0.967. The molecule has 0 radical (unpaired) electrons. The number of nitrogens with zero attached hydrogens (tertiary/aromatic N) is 3. The first-order valence-electron chi connectivity index (χ1n) is 8.64. The fourth-order valence-electron chi connectivity index (χ4n) is 3.38. The van der Waals surface area contributed by atoms with E-state index in [1.807, 2.05) is 24.3 Å². The number of fused-ring (bicyclic) bond motifs is 1. The van der Waals surface area contributed by atoms with Crippen LogP contribution in [0.2, 0.25) is 0 Å². The summed E-state index contributed by atoms with van der Waals surface area (Å²) in [6, 6.07) is 11.1. The van der Waals surface area contributed by atoms with E-state index < -0.39 is 0 Å². The van der Waals surface area contributed by atoms with Gasteiger partial charge in [-0.05, 0) is 40.2 Å². The van der Waals surface area contributed by atoms with Gasteiger partial charge in [-0.15, -0.1) is 0 Å². The van der Waals surface area contributed by atoms with E-state index in [-0.39, 0.29) is 5.56 Å². The minimum absolute atomic E-state index is 0.134. The van der Waals surface area contributed by atoms with Crippen LogP contribution in [0, 0.1) is 0 Å². The van der Waals surface area contributed by atoms with Crippen LogP contribution < -0.4 is 10.5 Å². The Hall–Kier alpha value is -1.90. The van der Waals surface area contributed by atoms with Crippen LogP contribution in [0.15, 0.2) is 50.1 Å². The van der Waals surface area contributed by atoms with Crippen LogP contribution in [0.5, 0.6) is 5.75 Å². The summed E-state index contributed by atoms with van der Waals surface area (Å²) in [5.41, 5.74) is 1.40. The zero-order chi connectivity index (χ0) is 19.0. The van der Waals surface area contributed by atoms with Gasteiger partial charge in [0.05, 0.1) is 23.1 Å². The van der Waals surface area contributed by atoms with Crippen molar-refractivity contribution < 1.29 is 5.11 Å². The maximum Gasteiger partial charge on any atom is 0.258 e. The zero-order valence-electron chi connectivity index (χ0n) is 14.5. The van der Waals surface area contributed by atoms with Crippen LogP contribution in [0.25, 0.3) is 10.9 Å². The Balaban J connectivity index is 1.49. The van der Waals surface area contributed by atoms with Crippen molar-refractivity contribution in [2.75, 3.05) is 31.1 Å². The Kier molecular flexibility index (Phi) is 5.21. The minimum Gasteiger partial charge on any atom is -0.506 e. The van der Waals surface area contributed by atoms with Crippen molar-refractivity contribution >= 4 is 48.5 Å². The van der Waals surface area contributed by atoms with Crippen LogP contribution in [0.3, 0.4) is 0 Å². The maximum atomic E-state index is 12.4. The average Bonchev–Trinajstić information content (AvgIpc) is 2.64. The molecule has 2 heterocycles. The molecule has 0 saturated carbocycles. The molecule has 1 saturated heterocycles. The first kappa shape index (κ1) is 18.5. The number of H-pyrrole nitrogens is 1. The summed E-state index contributed by atoms with van der Waals surface area (Å²) in [7, 11) is 0. The van der Waals surface area contributed by atoms with Gasteiger partial charge in [0.2, 0.25) is 0 Å². The number of aromatic nitrogens is 2. The van der Waals surface area contributed by atoms with Gasteiger partial charge < -0.3 is 15.0 Å². The first-order chi connectivity index (χ1) is 13.0. The molecule has 0 unspecified atom stereocenters. The lowest BCUT2D eigenvalue weighted by molar-refractivity contribution is 0.243. The lowest BCUT2D eigenvalue weighted by Crippen LogP contribution is -2.46. The molecule has 1 aliphatic heterocycles. The van der Waals surface area contributed by atoms with Gasteiger partial charge in [-0.3, -0.25) is 9.69 Å². The van der Waals surface area contributed by atoms with E-state index in [1.165, 1.54) is 0 Å².